The number of esters is 1. The fraction of sp³-hybridized carbons (Fsp3) is 0.435. The van der Waals surface area contributed by atoms with Crippen molar-refractivity contribution in [2.75, 3.05) is 11.9 Å². The molecule has 1 amide bonds. The molecule has 1 aromatic heterocycles. The van der Waals surface area contributed by atoms with Crippen LogP contribution in [0.4, 0.5) is 5.00 Å². The van der Waals surface area contributed by atoms with Crippen LogP contribution in [0.15, 0.2) is 18.2 Å². The van der Waals surface area contributed by atoms with Crippen LogP contribution in [0.2, 0.25) is 0 Å². The van der Waals surface area contributed by atoms with Gasteiger partial charge >= 0.3 is 5.97 Å². The molecule has 1 N–H and O–H groups in total. The van der Waals surface area contributed by atoms with Gasteiger partial charge in [0.05, 0.1) is 12.2 Å². The van der Waals surface area contributed by atoms with Gasteiger partial charge in [-0.15, -0.1) is 11.3 Å². The van der Waals surface area contributed by atoms with Crippen molar-refractivity contribution in [3.05, 3.63) is 50.9 Å². The Kier molecular flexibility index (Phi) is 6.85. The molecule has 29 heavy (non-hydrogen) atoms. The quantitative estimate of drug-likeness (QED) is 0.511. The van der Waals surface area contributed by atoms with Gasteiger partial charge in [-0.1, -0.05) is 12.1 Å². The number of carbonyl (C=O) groups excluding carboxylic acids is 3. The SMILES string of the molecule is CCOC(=O)c1c(NC(=O)CCC(=O)c2ccc(C)c(C)c2)sc2c1CCCC2. The van der Waals surface area contributed by atoms with E-state index in [1.54, 1.807) is 13.0 Å². The fourth-order valence-electron chi connectivity index (χ4n) is 3.55. The minimum Gasteiger partial charge on any atom is -0.462 e. The standard InChI is InChI=1S/C23H27NO4S/c1-4-28-23(27)21-17-7-5-6-8-19(17)29-22(21)24-20(26)12-11-18(25)16-10-9-14(2)15(3)13-16/h9-10,13H,4-8,11-12H2,1-3H3,(H,24,26). The smallest absolute Gasteiger partial charge is 0.341 e. The molecule has 1 aliphatic rings. The van der Waals surface area contributed by atoms with E-state index in [0.717, 1.165) is 47.3 Å². The summed E-state index contributed by atoms with van der Waals surface area (Å²) < 4.78 is 5.21. The topological polar surface area (TPSA) is 72.5 Å². The van der Waals surface area contributed by atoms with E-state index < -0.39 is 0 Å². The lowest BCUT2D eigenvalue weighted by Crippen LogP contribution is -2.16. The number of hydrogen-bond donors (Lipinski definition) is 1. The maximum atomic E-state index is 12.5. The highest BCUT2D eigenvalue weighted by Gasteiger charge is 2.27. The third kappa shape index (κ3) is 4.93. The summed E-state index contributed by atoms with van der Waals surface area (Å²) in [6.45, 7) is 6.03. The van der Waals surface area contributed by atoms with Crippen molar-refractivity contribution in [1.29, 1.82) is 0 Å². The van der Waals surface area contributed by atoms with Crippen LogP contribution < -0.4 is 5.32 Å². The van der Waals surface area contributed by atoms with Crippen LogP contribution in [0.3, 0.4) is 0 Å². The molecule has 0 unspecified atom stereocenters. The Morgan fingerprint density at radius 2 is 1.83 bits per heavy atom. The highest BCUT2D eigenvalue weighted by atomic mass is 32.1. The number of carbonyl (C=O) groups is 3. The maximum absolute atomic E-state index is 12.5. The second-order valence-corrected chi connectivity index (χ2v) is 8.51. The Morgan fingerprint density at radius 1 is 1.07 bits per heavy atom. The number of amides is 1. The molecule has 0 atom stereocenters. The third-order valence-electron chi connectivity index (χ3n) is 5.31. The lowest BCUT2D eigenvalue weighted by Gasteiger charge is -2.12. The molecule has 1 heterocycles. The van der Waals surface area contributed by atoms with Gasteiger partial charge in [0, 0.05) is 23.3 Å². The summed E-state index contributed by atoms with van der Waals surface area (Å²) in [5.74, 6) is -0.695. The first kappa shape index (κ1) is 21.2. The molecule has 1 aliphatic carbocycles. The van der Waals surface area contributed by atoms with Crippen LogP contribution in [0, 0.1) is 13.8 Å². The number of nitrogens with one attached hydrogen (secondary N) is 1. The first-order valence-corrected chi connectivity index (χ1v) is 10.9. The summed E-state index contributed by atoms with van der Waals surface area (Å²) in [7, 11) is 0. The van der Waals surface area contributed by atoms with E-state index in [1.165, 1.54) is 11.3 Å². The number of ether oxygens (including phenoxy) is 1. The molecule has 2 aromatic rings. The van der Waals surface area contributed by atoms with Gasteiger partial charge in [-0.3, -0.25) is 9.59 Å². The van der Waals surface area contributed by atoms with Gasteiger partial charge in [0.25, 0.3) is 0 Å². The average molecular weight is 414 g/mol. The number of thiophene rings is 1. The van der Waals surface area contributed by atoms with E-state index in [1.807, 2.05) is 26.0 Å². The highest BCUT2D eigenvalue weighted by Crippen LogP contribution is 2.38. The van der Waals surface area contributed by atoms with Crippen molar-refractivity contribution >= 4 is 34.0 Å². The predicted molar refractivity (Wildman–Crippen MR) is 115 cm³/mol. The van der Waals surface area contributed by atoms with Crippen molar-refractivity contribution < 1.29 is 19.1 Å². The molecule has 0 spiro atoms. The van der Waals surface area contributed by atoms with Crippen LogP contribution in [-0.4, -0.2) is 24.3 Å². The zero-order valence-corrected chi connectivity index (χ0v) is 18.0. The number of fused-ring (bicyclic) bond motifs is 1. The summed E-state index contributed by atoms with van der Waals surface area (Å²) in [4.78, 5) is 38.6. The monoisotopic (exact) mass is 413 g/mol. The molecule has 0 fully saturated rings. The maximum Gasteiger partial charge on any atom is 0.341 e. The van der Waals surface area contributed by atoms with E-state index >= 15 is 0 Å². The predicted octanol–water partition coefficient (Wildman–Crippen LogP) is 5.02. The Labute approximate surface area is 175 Å². The Bertz CT molecular complexity index is 945. The van der Waals surface area contributed by atoms with E-state index in [4.69, 9.17) is 4.74 Å². The van der Waals surface area contributed by atoms with Gasteiger partial charge in [-0.25, -0.2) is 4.79 Å². The van der Waals surface area contributed by atoms with Crippen LogP contribution in [0.25, 0.3) is 0 Å². The van der Waals surface area contributed by atoms with E-state index in [-0.39, 0.29) is 30.5 Å². The molecule has 5 nitrogen and oxygen atoms in total. The number of rotatable bonds is 7. The van der Waals surface area contributed by atoms with Crippen molar-refractivity contribution in [2.45, 2.75) is 59.3 Å². The normalized spacial score (nSPS) is 12.9. The van der Waals surface area contributed by atoms with Crippen molar-refractivity contribution in [2.24, 2.45) is 0 Å². The molecule has 0 radical (unpaired) electrons. The van der Waals surface area contributed by atoms with Gasteiger partial charge in [0.2, 0.25) is 5.91 Å². The first-order chi connectivity index (χ1) is 13.9. The van der Waals surface area contributed by atoms with Gasteiger partial charge in [-0.2, -0.15) is 0 Å². The van der Waals surface area contributed by atoms with Gasteiger partial charge in [-0.05, 0) is 69.2 Å². The van der Waals surface area contributed by atoms with Crippen LogP contribution in [-0.2, 0) is 22.4 Å². The van der Waals surface area contributed by atoms with Gasteiger partial charge in [0.1, 0.15) is 5.00 Å². The number of aryl methyl sites for hydroxylation is 3. The van der Waals surface area contributed by atoms with Crippen LogP contribution >= 0.6 is 11.3 Å². The van der Waals surface area contributed by atoms with Gasteiger partial charge in [0.15, 0.2) is 5.78 Å². The number of hydrogen-bond acceptors (Lipinski definition) is 5. The zero-order valence-electron chi connectivity index (χ0n) is 17.2. The minimum atomic E-state index is -0.381. The highest BCUT2D eigenvalue weighted by molar-refractivity contribution is 7.17. The molecule has 0 saturated heterocycles. The lowest BCUT2D eigenvalue weighted by atomic mass is 9.95. The van der Waals surface area contributed by atoms with E-state index in [0.29, 0.717) is 22.7 Å². The van der Waals surface area contributed by atoms with E-state index in [9.17, 15) is 14.4 Å². The second kappa shape index (κ2) is 9.35. The summed E-state index contributed by atoms with van der Waals surface area (Å²) >= 11 is 1.46. The molecular formula is C23H27NO4S. The van der Waals surface area contributed by atoms with Crippen LogP contribution in [0.5, 0.6) is 0 Å². The molecule has 6 heteroatoms. The number of anilines is 1. The van der Waals surface area contributed by atoms with Gasteiger partial charge < -0.3 is 10.1 Å². The average Bonchev–Trinajstić information content (AvgIpc) is 3.06. The largest absolute Gasteiger partial charge is 0.462 e. The first-order valence-electron chi connectivity index (χ1n) is 10.1. The Hall–Kier alpha value is -2.47. The van der Waals surface area contributed by atoms with Crippen molar-refractivity contribution in [3.8, 4) is 0 Å². The molecule has 0 saturated carbocycles. The second-order valence-electron chi connectivity index (χ2n) is 7.41. The number of benzene rings is 1. The lowest BCUT2D eigenvalue weighted by molar-refractivity contribution is -0.116. The summed E-state index contributed by atoms with van der Waals surface area (Å²) in [6, 6.07) is 5.58. The third-order valence-corrected chi connectivity index (χ3v) is 6.52. The molecule has 154 valence electrons. The fourth-order valence-corrected chi connectivity index (χ4v) is 4.84. The molecule has 1 aromatic carbocycles. The molecule has 0 aliphatic heterocycles. The van der Waals surface area contributed by atoms with Crippen molar-refractivity contribution in [3.63, 3.8) is 0 Å². The van der Waals surface area contributed by atoms with Crippen LogP contribution in [0.1, 0.15) is 74.9 Å². The summed E-state index contributed by atoms with van der Waals surface area (Å²) in [5, 5.41) is 3.42. The molecule has 0 bridgehead atoms. The Morgan fingerprint density at radius 3 is 2.55 bits per heavy atom. The van der Waals surface area contributed by atoms with Crippen molar-refractivity contribution in [1.82, 2.24) is 0 Å². The van der Waals surface area contributed by atoms with E-state index in [2.05, 4.69) is 5.32 Å². The molecule has 3 rings (SSSR count). The summed E-state index contributed by atoms with van der Waals surface area (Å²) in [6.07, 6.45) is 4.10. The Balaban J connectivity index is 1.68. The summed E-state index contributed by atoms with van der Waals surface area (Å²) in [5.41, 5.74) is 4.33. The molecular weight excluding hydrogens is 386 g/mol. The zero-order chi connectivity index (χ0) is 21.0. The minimum absolute atomic E-state index is 0.0562. The number of ketones is 1. The number of Topliss-reactive ketones (excluding diaryl/α,β-unsaturated/α-hetero) is 1.